The first-order valence-corrected chi connectivity index (χ1v) is 12.5. The number of ether oxygens (including phenoxy) is 4. The third-order valence-electron chi connectivity index (χ3n) is 5.31. The van der Waals surface area contributed by atoms with Crippen molar-refractivity contribution < 1.29 is 18.9 Å². The van der Waals surface area contributed by atoms with Crippen molar-refractivity contribution in [3.05, 3.63) is 65.7 Å². The van der Waals surface area contributed by atoms with Gasteiger partial charge in [-0.25, -0.2) is 0 Å². The first kappa shape index (κ1) is 29.2. The lowest BCUT2D eigenvalue weighted by Crippen LogP contribution is -2.26. The van der Waals surface area contributed by atoms with Gasteiger partial charge in [-0.3, -0.25) is 0 Å². The molecule has 0 radical (unpaired) electrons. The van der Waals surface area contributed by atoms with Crippen LogP contribution in [0.2, 0.25) is 0 Å². The van der Waals surface area contributed by atoms with Gasteiger partial charge >= 0.3 is 0 Å². The Morgan fingerprint density at radius 3 is 2.27 bits per heavy atom. The molecule has 1 atom stereocenters. The third kappa shape index (κ3) is 14.1. The van der Waals surface area contributed by atoms with Crippen LogP contribution in [-0.2, 0) is 20.6 Å². The van der Waals surface area contributed by atoms with Gasteiger partial charge in [-0.2, -0.15) is 0 Å². The molecule has 0 heterocycles. The van der Waals surface area contributed by atoms with E-state index in [4.69, 9.17) is 18.9 Å². The van der Waals surface area contributed by atoms with E-state index in [2.05, 4.69) is 63.2 Å². The highest BCUT2D eigenvalue weighted by Gasteiger charge is 2.17. The maximum Gasteiger partial charge on any atom is 0.119 e. The van der Waals surface area contributed by atoms with Gasteiger partial charge in [0.05, 0.1) is 18.3 Å². The molecule has 0 aliphatic rings. The molecule has 4 nitrogen and oxygen atoms in total. The molecule has 2 aromatic carbocycles. The molecule has 0 aliphatic carbocycles. The Labute approximate surface area is 202 Å². The smallest absolute Gasteiger partial charge is 0.119 e. The van der Waals surface area contributed by atoms with Crippen molar-refractivity contribution >= 4 is 0 Å². The molecule has 0 spiro atoms. The monoisotopic (exact) mass is 458 g/mol. The predicted octanol–water partition coefficient (Wildman–Crippen LogP) is 7.09. The van der Waals surface area contributed by atoms with Gasteiger partial charge in [-0.1, -0.05) is 56.3 Å². The first-order chi connectivity index (χ1) is 16.0. The van der Waals surface area contributed by atoms with Crippen LogP contribution in [0.25, 0.3) is 0 Å². The van der Waals surface area contributed by atoms with Crippen LogP contribution in [0.3, 0.4) is 0 Å². The van der Waals surface area contributed by atoms with Gasteiger partial charge in [-0.15, -0.1) is 0 Å². The van der Waals surface area contributed by atoms with E-state index in [0.717, 1.165) is 51.1 Å². The first-order valence-electron chi connectivity index (χ1n) is 12.5. The fraction of sp³-hybridized carbons (Fsp3) is 0.586. The minimum atomic E-state index is -0.117. The van der Waals surface area contributed by atoms with Crippen LogP contribution in [0.4, 0.5) is 0 Å². The van der Waals surface area contributed by atoms with Gasteiger partial charge in [0, 0.05) is 20.3 Å². The topological polar surface area (TPSA) is 36.9 Å². The summed E-state index contributed by atoms with van der Waals surface area (Å²) < 4.78 is 22.9. The quantitative estimate of drug-likeness (QED) is 0.252. The molecule has 0 aromatic heterocycles. The number of unbranched alkanes of at least 4 members (excludes halogenated alkanes) is 1. The maximum atomic E-state index is 5.97. The highest BCUT2D eigenvalue weighted by Crippen LogP contribution is 2.17. The summed E-state index contributed by atoms with van der Waals surface area (Å²) in [6.45, 7) is 13.1. The molecular formula is C29H46O4. The molecule has 186 valence electrons. The molecule has 33 heavy (non-hydrogen) atoms. The van der Waals surface area contributed by atoms with Crippen LogP contribution in [0, 0.1) is 0 Å². The van der Waals surface area contributed by atoms with Crippen molar-refractivity contribution in [2.45, 2.75) is 78.4 Å². The SMILES string of the molecule is CC.COCCC(C)(C)OCCCCC(C)OCCOc1cccc(Cc2ccccc2)c1. The van der Waals surface area contributed by atoms with Crippen molar-refractivity contribution in [1.82, 2.24) is 0 Å². The third-order valence-corrected chi connectivity index (χ3v) is 5.31. The summed E-state index contributed by atoms with van der Waals surface area (Å²) >= 11 is 0. The highest BCUT2D eigenvalue weighted by atomic mass is 16.5. The number of methoxy groups -OCH3 is 1. The highest BCUT2D eigenvalue weighted by molar-refractivity contribution is 5.32. The second kappa shape index (κ2) is 17.6. The summed E-state index contributed by atoms with van der Waals surface area (Å²) in [5.74, 6) is 0.901. The van der Waals surface area contributed by atoms with E-state index < -0.39 is 0 Å². The average molecular weight is 459 g/mol. The van der Waals surface area contributed by atoms with E-state index >= 15 is 0 Å². The summed E-state index contributed by atoms with van der Waals surface area (Å²) in [6.07, 6.45) is 5.25. The average Bonchev–Trinajstić information content (AvgIpc) is 2.82. The zero-order valence-electron chi connectivity index (χ0n) is 21.8. The Kier molecular flexibility index (Phi) is 15.5. The summed E-state index contributed by atoms with van der Waals surface area (Å²) in [5.41, 5.74) is 2.44. The number of hydrogen-bond acceptors (Lipinski definition) is 4. The summed E-state index contributed by atoms with van der Waals surface area (Å²) in [6, 6.07) is 18.8. The van der Waals surface area contributed by atoms with Gasteiger partial charge in [0.1, 0.15) is 12.4 Å². The van der Waals surface area contributed by atoms with Crippen LogP contribution in [-0.4, -0.2) is 45.2 Å². The molecule has 0 aliphatic heterocycles. The Hall–Kier alpha value is -1.88. The fourth-order valence-corrected chi connectivity index (χ4v) is 3.37. The van der Waals surface area contributed by atoms with Crippen LogP contribution in [0.5, 0.6) is 5.75 Å². The Morgan fingerprint density at radius 1 is 0.818 bits per heavy atom. The van der Waals surface area contributed by atoms with Crippen molar-refractivity contribution in [3.8, 4) is 5.75 Å². The number of hydrogen-bond donors (Lipinski definition) is 0. The van der Waals surface area contributed by atoms with Crippen molar-refractivity contribution in [2.75, 3.05) is 33.5 Å². The lowest BCUT2D eigenvalue weighted by molar-refractivity contribution is -0.0390. The van der Waals surface area contributed by atoms with Crippen LogP contribution in [0.15, 0.2) is 54.6 Å². The zero-order chi connectivity index (χ0) is 24.4. The summed E-state index contributed by atoms with van der Waals surface area (Å²) in [7, 11) is 1.73. The Morgan fingerprint density at radius 2 is 1.55 bits per heavy atom. The lowest BCUT2D eigenvalue weighted by atomic mass is 10.1. The molecule has 1 unspecified atom stereocenters. The largest absolute Gasteiger partial charge is 0.491 e. The Bertz CT molecular complexity index is 715. The standard InChI is InChI=1S/C27H40O4.C2H6/c1-23(11-8-9-17-31-27(2,3)16-18-28-4)29-19-20-30-26-15-10-14-25(22-26)21-24-12-6-5-7-13-24;1-2/h5-7,10,12-15,22-23H,8-9,11,16-21H2,1-4H3;1-2H3. The molecule has 2 aromatic rings. The fourth-order valence-electron chi connectivity index (χ4n) is 3.37. The molecule has 0 saturated heterocycles. The number of benzene rings is 2. The zero-order valence-corrected chi connectivity index (χ0v) is 21.8. The van der Waals surface area contributed by atoms with Crippen LogP contribution >= 0.6 is 0 Å². The van der Waals surface area contributed by atoms with Gasteiger partial charge in [0.15, 0.2) is 0 Å². The molecule has 2 rings (SSSR count). The molecule has 4 heteroatoms. The summed E-state index contributed by atoms with van der Waals surface area (Å²) in [4.78, 5) is 0. The molecule has 0 fully saturated rings. The predicted molar refractivity (Wildman–Crippen MR) is 138 cm³/mol. The van der Waals surface area contributed by atoms with Gasteiger partial charge in [0.25, 0.3) is 0 Å². The van der Waals surface area contributed by atoms with E-state index in [1.165, 1.54) is 11.1 Å². The van der Waals surface area contributed by atoms with Gasteiger partial charge < -0.3 is 18.9 Å². The Balaban J connectivity index is 0.00000265. The number of rotatable bonds is 16. The van der Waals surface area contributed by atoms with E-state index in [-0.39, 0.29) is 11.7 Å². The van der Waals surface area contributed by atoms with E-state index in [9.17, 15) is 0 Å². The minimum absolute atomic E-state index is 0.117. The van der Waals surface area contributed by atoms with Crippen LogP contribution < -0.4 is 4.74 Å². The minimum Gasteiger partial charge on any atom is -0.491 e. The molecule has 0 bridgehead atoms. The summed E-state index contributed by atoms with van der Waals surface area (Å²) in [5, 5.41) is 0. The van der Waals surface area contributed by atoms with E-state index in [1.807, 2.05) is 26.0 Å². The van der Waals surface area contributed by atoms with Crippen molar-refractivity contribution in [3.63, 3.8) is 0 Å². The normalized spacial score (nSPS) is 12.1. The molecule has 0 N–H and O–H groups in total. The van der Waals surface area contributed by atoms with Gasteiger partial charge in [0.2, 0.25) is 0 Å². The maximum absolute atomic E-state index is 5.97. The van der Waals surface area contributed by atoms with Crippen molar-refractivity contribution in [1.29, 1.82) is 0 Å². The van der Waals surface area contributed by atoms with E-state index in [1.54, 1.807) is 7.11 Å². The van der Waals surface area contributed by atoms with E-state index in [0.29, 0.717) is 13.2 Å². The second-order valence-electron chi connectivity index (χ2n) is 8.69. The molecule has 0 amide bonds. The molecule has 0 saturated carbocycles. The van der Waals surface area contributed by atoms with Gasteiger partial charge in [-0.05, 0) is 76.1 Å². The van der Waals surface area contributed by atoms with Crippen molar-refractivity contribution in [2.24, 2.45) is 0 Å². The second-order valence-corrected chi connectivity index (χ2v) is 8.69. The lowest BCUT2D eigenvalue weighted by Gasteiger charge is -2.25. The van der Waals surface area contributed by atoms with Crippen LogP contribution in [0.1, 0.15) is 71.4 Å². The molecular weight excluding hydrogens is 412 g/mol.